The number of carbonyl (C=O) groups excluding carboxylic acids is 1. The number of hydrogen-bond donors (Lipinski definition) is 0. The van der Waals surface area contributed by atoms with Crippen LogP contribution in [-0.4, -0.2) is 51.2 Å². The van der Waals surface area contributed by atoms with E-state index in [9.17, 15) is 4.79 Å². The zero-order valence-corrected chi connectivity index (χ0v) is 19.4. The summed E-state index contributed by atoms with van der Waals surface area (Å²) in [6, 6.07) is 0. The van der Waals surface area contributed by atoms with Gasteiger partial charge in [0.15, 0.2) is 8.32 Å². The molecule has 1 spiro atoms. The van der Waals surface area contributed by atoms with Gasteiger partial charge in [-0.1, -0.05) is 20.8 Å². The molecule has 28 heavy (non-hydrogen) atoms. The highest BCUT2D eigenvalue weighted by Crippen LogP contribution is 2.52. The van der Waals surface area contributed by atoms with Crippen LogP contribution in [0.15, 0.2) is 0 Å². The molecule has 0 radical (unpaired) electrons. The van der Waals surface area contributed by atoms with E-state index in [0.717, 1.165) is 12.8 Å². The number of rotatable bonds is 4. The Labute approximate surface area is 169 Å². The van der Waals surface area contributed by atoms with E-state index in [0.29, 0.717) is 25.2 Å². The van der Waals surface area contributed by atoms with Crippen LogP contribution in [0.4, 0.5) is 4.39 Å². The molecule has 0 aromatic carbocycles. The van der Waals surface area contributed by atoms with Crippen molar-refractivity contribution in [2.24, 2.45) is 17.8 Å². The molecule has 0 unspecified atom stereocenters. The number of alkyl halides is 1. The molecule has 0 N–H and O–H groups in total. The average Bonchev–Trinajstić information content (AvgIpc) is 2.55. The summed E-state index contributed by atoms with van der Waals surface area (Å²) < 4.78 is 40.4. The lowest BCUT2D eigenvalue weighted by molar-refractivity contribution is -0.364. The largest absolute Gasteiger partial charge is 0.430 e. The van der Waals surface area contributed by atoms with Crippen molar-refractivity contribution in [1.29, 1.82) is 0 Å². The third kappa shape index (κ3) is 3.79. The second-order valence-corrected chi connectivity index (χ2v) is 14.8. The molecule has 0 amide bonds. The molecule has 3 fully saturated rings. The smallest absolute Gasteiger partial charge is 0.352 e. The Balaban J connectivity index is 2.01. The van der Waals surface area contributed by atoms with Crippen molar-refractivity contribution in [2.45, 2.75) is 102 Å². The Morgan fingerprint density at radius 3 is 2.43 bits per heavy atom. The number of halogens is 1. The first kappa shape index (κ1) is 22.2. The molecule has 7 heteroatoms. The van der Waals surface area contributed by atoms with Crippen LogP contribution in [-0.2, 0) is 23.4 Å². The minimum Gasteiger partial charge on any atom is -0.430 e. The molecule has 1 heterocycles. The molecule has 2 aliphatic carbocycles. The van der Waals surface area contributed by atoms with Gasteiger partial charge < -0.3 is 18.6 Å². The fraction of sp³-hybridized carbons (Fsp3) is 0.952. The summed E-state index contributed by atoms with van der Waals surface area (Å²) in [6.45, 7) is 12.6. The number of fused-ring (bicyclic) bond motifs is 1. The number of esters is 1. The molecule has 3 aliphatic rings. The molecule has 3 rings (SSSR count). The Morgan fingerprint density at radius 1 is 1.18 bits per heavy atom. The predicted octanol–water partition coefficient (Wildman–Crippen LogP) is 4.45. The van der Waals surface area contributed by atoms with E-state index in [-0.39, 0.29) is 11.8 Å². The first-order chi connectivity index (χ1) is 12.9. The lowest BCUT2D eigenvalue weighted by Gasteiger charge is -2.57. The van der Waals surface area contributed by atoms with E-state index in [4.69, 9.17) is 18.6 Å². The maximum absolute atomic E-state index is 16.3. The van der Waals surface area contributed by atoms with Crippen molar-refractivity contribution in [3.05, 3.63) is 0 Å². The van der Waals surface area contributed by atoms with Crippen LogP contribution in [0.25, 0.3) is 0 Å². The van der Waals surface area contributed by atoms with Crippen LogP contribution in [0, 0.1) is 17.8 Å². The fourth-order valence-electron chi connectivity index (χ4n) is 5.40. The van der Waals surface area contributed by atoms with E-state index in [1.54, 1.807) is 0 Å². The van der Waals surface area contributed by atoms with Crippen LogP contribution in [0.3, 0.4) is 0 Å². The molecule has 162 valence electrons. The van der Waals surface area contributed by atoms with Crippen molar-refractivity contribution < 1.29 is 27.8 Å². The van der Waals surface area contributed by atoms with Gasteiger partial charge in [-0.25, -0.2) is 9.18 Å². The van der Waals surface area contributed by atoms with Crippen LogP contribution < -0.4 is 0 Å². The van der Waals surface area contributed by atoms with Crippen molar-refractivity contribution in [2.75, 3.05) is 7.11 Å². The maximum Gasteiger partial charge on any atom is 0.352 e. The normalized spacial score (nSPS) is 44.5. The molecule has 1 saturated heterocycles. The molecule has 0 bridgehead atoms. The summed E-state index contributed by atoms with van der Waals surface area (Å²) in [5.41, 5.74) is -2.33. The summed E-state index contributed by atoms with van der Waals surface area (Å²) in [4.78, 5) is 13.2. The van der Waals surface area contributed by atoms with E-state index in [2.05, 4.69) is 40.4 Å². The van der Waals surface area contributed by atoms with Gasteiger partial charge in [0.2, 0.25) is 5.79 Å². The zero-order chi connectivity index (χ0) is 20.9. The topological polar surface area (TPSA) is 54.0 Å². The van der Waals surface area contributed by atoms with Crippen molar-refractivity contribution in [3.63, 3.8) is 0 Å². The fourth-order valence-corrected chi connectivity index (χ4v) is 6.55. The zero-order valence-electron chi connectivity index (χ0n) is 18.4. The monoisotopic (exact) mass is 416 g/mol. The van der Waals surface area contributed by atoms with Crippen LogP contribution >= 0.6 is 0 Å². The number of hydrogen-bond acceptors (Lipinski definition) is 5. The van der Waals surface area contributed by atoms with Crippen LogP contribution in [0.5, 0.6) is 0 Å². The van der Waals surface area contributed by atoms with E-state index in [1.807, 2.05) is 0 Å². The Morgan fingerprint density at radius 2 is 1.86 bits per heavy atom. The second-order valence-electron chi connectivity index (χ2n) is 10.3. The third-order valence-electron chi connectivity index (χ3n) is 6.60. The lowest BCUT2D eigenvalue weighted by atomic mass is 9.70. The second kappa shape index (κ2) is 7.64. The Hall–Kier alpha value is -0.503. The van der Waals surface area contributed by atoms with E-state index < -0.39 is 44.1 Å². The SMILES string of the molecule is CO[C@@H]1CC[C@H](O[Si](C)(C)C)[C@@H]2O[C@@]3(C[C@H](C)CC[C@H]3C(C)C)OC(=O)[C@]12F. The quantitative estimate of drug-likeness (QED) is 0.500. The van der Waals surface area contributed by atoms with Crippen molar-refractivity contribution >= 4 is 14.3 Å². The average molecular weight is 417 g/mol. The molecule has 5 nitrogen and oxygen atoms in total. The highest BCUT2D eigenvalue weighted by molar-refractivity contribution is 6.69. The molecular formula is C21H37FO5Si. The van der Waals surface area contributed by atoms with Gasteiger partial charge in [0.1, 0.15) is 12.2 Å². The van der Waals surface area contributed by atoms with Gasteiger partial charge in [0.25, 0.3) is 5.67 Å². The van der Waals surface area contributed by atoms with Crippen molar-refractivity contribution in [3.8, 4) is 0 Å². The molecule has 7 atom stereocenters. The maximum atomic E-state index is 16.3. The van der Waals surface area contributed by atoms with E-state index in [1.165, 1.54) is 7.11 Å². The van der Waals surface area contributed by atoms with Crippen LogP contribution in [0.1, 0.15) is 52.9 Å². The first-order valence-electron chi connectivity index (χ1n) is 10.7. The molecule has 1 aliphatic heterocycles. The van der Waals surface area contributed by atoms with Gasteiger partial charge in [-0.2, -0.15) is 0 Å². The van der Waals surface area contributed by atoms with E-state index >= 15 is 4.39 Å². The molecular weight excluding hydrogens is 379 g/mol. The number of carbonyl (C=O) groups is 1. The summed E-state index contributed by atoms with van der Waals surface area (Å²) >= 11 is 0. The first-order valence-corrected chi connectivity index (χ1v) is 14.1. The molecule has 0 aromatic rings. The summed E-state index contributed by atoms with van der Waals surface area (Å²) in [6.07, 6.45) is 1.27. The molecule has 0 aromatic heterocycles. The Kier molecular flexibility index (Phi) is 6.05. The van der Waals surface area contributed by atoms with Gasteiger partial charge in [-0.3, -0.25) is 0 Å². The summed E-state index contributed by atoms with van der Waals surface area (Å²) in [7, 11) is -0.517. The van der Waals surface area contributed by atoms with Gasteiger partial charge in [-0.15, -0.1) is 0 Å². The van der Waals surface area contributed by atoms with Gasteiger partial charge >= 0.3 is 5.97 Å². The summed E-state index contributed by atoms with van der Waals surface area (Å²) in [5, 5.41) is 0. The van der Waals surface area contributed by atoms with Gasteiger partial charge in [0, 0.05) is 19.4 Å². The van der Waals surface area contributed by atoms with Crippen molar-refractivity contribution in [1.82, 2.24) is 0 Å². The summed E-state index contributed by atoms with van der Waals surface area (Å²) in [5.74, 6) is -1.23. The lowest BCUT2D eigenvalue weighted by Crippen LogP contribution is -2.73. The minimum atomic E-state index is -2.33. The molecule has 2 saturated carbocycles. The third-order valence-corrected chi connectivity index (χ3v) is 7.61. The number of ether oxygens (including phenoxy) is 3. The number of methoxy groups -OCH3 is 1. The predicted molar refractivity (Wildman–Crippen MR) is 107 cm³/mol. The van der Waals surface area contributed by atoms with Crippen LogP contribution in [0.2, 0.25) is 19.6 Å². The standard InChI is InChI=1S/C21H37FO5Si/c1-13(2)15-9-8-14(3)12-20(15)25-18-16(27-28(5,6)7)10-11-17(24-4)21(18,22)19(23)26-20/h13-18H,8-12H2,1-7H3/t14-,15+,16+,17-,18+,20+,21+/m1/s1. The van der Waals surface area contributed by atoms with Gasteiger partial charge in [0.05, 0.1) is 6.10 Å². The minimum absolute atomic E-state index is 0.0488. The highest BCUT2D eigenvalue weighted by Gasteiger charge is 2.69. The Bertz CT molecular complexity index is 594. The van der Waals surface area contributed by atoms with Gasteiger partial charge in [-0.05, 0) is 57.2 Å². The highest BCUT2D eigenvalue weighted by atomic mass is 28.4.